The largest absolute Gasteiger partial charge is 0.341 e. The van der Waals surface area contributed by atoms with Gasteiger partial charge in [-0.3, -0.25) is 0 Å². The summed E-state index contributed by atoms with van der Waals surface area (Å²) >= 11 is 0. The molecule has 0 amide bonds. The maximum absolute atomic E-state index is 6.34. The number of H-pyrrole nitrogens is 1. The van der Waals surface area contributed by atoms with Gasteiger partial charge in [0.2, 0.25) is 0 Å². The number of nitrogens with two attached hydrogens (primary N) is 1. The van der Waals surface area contributed by atoms with Crippen molar-refractivity contribution in [2.24, 2.45) is 11.7 Å². The fraction of sp³-hybridized carbons (Fsp3) is 0.500. The zero-order chi connectivity index (χ0) is 11.7. The maximum atomic E-state index is 6.34. The molecule has 3 nitrogen and oxygen atoms in total. The zero-order valence-corrected chi connectivity index (χ0v) is 10.0. The number of fused-ring (bicyclic) bond motifs is 1. The van der Waals surface area contributed by atoms with Gasteiger partial charge in [0.15, 0.2) is 0 Å². The van der Waals surface area contributed by atoms with Gasteiger partial charge in [-0.25, -0.2) is 4.98 Å². The third-order valence-electron chi connectivity index (χ3n) is 3.88. The number of hydrogen-bond acceptors (Lipinski definition) is 2. The fourth-order valence-corrected chi connectivity index (χ4v) is 2.85. The molecule has 0 bridgehead atoms. The standard InChI is InChI=1S/C14H19N3/c15-13(10-6-2-1-3-7-10)14-16-11-8-4-5-9-12(11)17-14/h4-5,8-10,13H,1-3,6-7,15H2,(H,16,17)/t13-/m1/s1. The Kier molecular flexibility index (Phi) is 2.85. The molecular weight excluding hydrogens is 210 g/mol. The van der Waals surface area contributed by atoms with E-state index in [1.807, 2.05) is 18.2 Å². The van der Waals surface area contributed by atoms with Crippen molar-refractivity contribution in [3.05, 3.63) is 30.1 Å². The molecule has 0 aliphatic heterocycles. The topological polar surface area (TPSA) is 54.7 Å². The molecule has 1 atom stereocenters. The summed E-state index contributed by atoms with van der Waals surface area (Å²) in [6.07, 6.45) is 6.50. The average Bonchev–Trinajstić information content (AvgIpc) is 2.82. The first-order valence-electron chi connectivity index (χ1n) is 6.55. The molecule has 17 heavy (non-hydrogen) atoms. The van der Waals surface area contributed by atoms with Crippen molar-refractivity contribution in [1.29, 1.82) is 0 Å². The van der Waals surface area contributed by atoms with Crippen LogP contribution in [0.5, 0.6) is 0 Å². The number of aromatic amines is 1. The Labute approximate surface area is 101 Å². The van der Waals surface area contributed by atoms with Gasteiger partial charge in [0.25, 0.3) is 0 Å². The maximum Gasteiger partial charge on any atom is 0.124 e. The Morgan fingerprint density at radius 1 is 1.18 bits per heavy atom. The van der Waals surface area contributed by atoms with Crippen LogP contribution >= 0.6 is 0 Å². The third-order valence-corrected chi connectivity index (χ3v) is 3.88. The molecule has 0 saturated heterocycles. The molecule has 1 saturated carbocycles. The van der Waals surface area contributed by atoms with Gasteiger partial charge in [0.1, 0.15) is 5.82 Å². The van der Waals surface area contributed by atoms with E-state index in [1.54, 1.807) is 0 Å². The molecule has 0 unspecified atom stereocenters. The average molecular weight is 229 g/mol. The van der Waals surface area contributed by atoms with Gasteiger partial charge in [0, 0.05) is 0 Å². The molecule has 1 aromatic heterocycles. The molecule has 1 aliphatic rings. The summed E-state index contributed by atoms with van der Waals surface area (Å²) in [5.74, 6) is 1.56. The molecule has 0 spiro atoms. The van der Waals surface area contributed by atoms with Crippen LogP contribution in [-0.2, 0) is 0 Å². The van der Waals surface area contributed by atoms with Crippen molar-refractivity contribution in [2.45, 2.75) is 38.1 Å². The highest BCUT2D eigenvalue weighted by molar-refractivity contribution is 5.74. The van der Waals surface area contributed by atoms with E-state index in [0.29, 0.717) is 5.92 Å². The monoisotopic (exact) mass is 229 g/mol. The first kappa shape index (κ1) is 10.8. The summed E-state index contributed by atoms with van der Waals surface area (Å²) in [4.78, 5) is 7.96. The highest BCUT2D eigenvalue weighted by atomic mass is 15.0. The Morgan fingerprint density at radius 2 is 1.94 bits per heavy atom. The number of imidazole rings is 1. The van der Waals surface area contributed by atoms with Crippen molar-refractivity contribution in [2.75, 3.05) is 0 Å². The van der Waals surface area contributed by atoms with Gasteiger partial charge in [-0.15, -0.1) is 0 Å². The SMILES string of the molecule is N[C@@H](c1nc2ccccc2[nH]1)C1CCCCC1. The summed E-state index contributed by atoms with van der Waals surface area (Å²) in [5, 5.41) is 0. The fourth-order valence-electron chi connectivity index (χ4n) is 2.85. The van der Waals surface area contributed by atoms with E-state index in [-0.39, 0.29) is 6.04 Å². The number of benzene rings is 1. The normalized spacial score (nSPS) is 19.6. The molecule has 1 aromatic carbocycles. The Bertz CT molecular complexity index is 464. The molecule has 1 aliphatic carbocycles. The van der Waals surface area contributed by atoms with Crippen LogP contribution in [0.15, 0.2) is 24.3 Å². The lowest BCUT2D eigenvalue weighted by Gasteiger charge is -2.26. The van der Waals surface area contributed by atoms with Gasteiger partial charge in [-0.1, -0.05) is 31.4 Å². The number of hydrogen-bond donors (Lipinski definition) is 2. The number of aromatic nitrogens is 2. The van der Waals surface area contributed by atoms with Gasteiger partial charge >= 0.3 is 0 Å². The Balaban J connectivity index is 1.86. The van der Waals surface area contributed by atoms with Crippen LogP contribution in [0.25, 0.3) is 11.0 Å². The van der Waals surface area contributed by atoms with Gasteiger partial charge < -0.3 is 10.7 Å². The van der Waals surface area contributed by atoms with Crippen molar-refractivity contribution in [1.82, 2.24) is 9.97 Å². The van der Waals surface area contributed by atoms with E-state index in [1.165, 1.54) is 32.1 Å². The predicted molar refractivity (Wildman–Crippen MR) is 69.6 cm³/mol. The van der Waals surface area contributed by atoms with Crippen molar-refractivity contribution in [3.8, 4) is 0 Å². The minimum absolute atomic E-state index is 0.0719. The van der Waals surface area contributed by atoms with Crippen LogP contribution < -0.4 is 5.73 Å². The van der Waals surface area contributed by atoms with E-state index in [9.17, 15) is 0 Å². The van der Waals surface area contributed by atoms with Crippen LogP contribution in [0.4, 0.5) is 0 Å². The second-order valence-electron chi connectivity index (χ2n) is 5.06. The molecule has 3 rings (SSSR count). The Hall–Kier alpha value is -1.35. The lowest BCUT2D eigenvalue weighted by Crippen LogP contribution is -2.24. The van der Waals surface area contributed by atoms with Crippen molar-refractivity contribution in [3.63, 3.8) is 0 Å². The van der Waals surface area contributed by atoms with E-state index < -0.39 is 0 Å². The molecule has 90 valence electrons. The molecule has 0 radical (unpaired) electrons. The van der Waals surface area contributed by atoms with Crippen LogP contribution in [0.2, 0.25) is 0 Å². The summed E-state index contributed by atoms with van der Waals surface area (Å²) < 4.78 is 0. The molecule has 3 heteroatoms. The Morgan fingerprint density at radius 3 is 2.71 bits per heavy atom. The van der Waals surface area contributed by atoms with E-state index in [0.717, 1.165) is 16.9 Å². The van der Waals surface area contributed by atoms with Gasteiger partial charge in [0.05, 0.1) is 17.1 Å². The number of nitrogens with zero attached hydrogens (tertiary/aromatic N) is 1. The highest BCUT2D eigenvalue weighted by Crippen LogP contribution is 2.32. The zero-order valence-electron chi connectivity index (χ0n) is 10.0. The number of para-hydroxylation sites is 2. The quantitative estimate of drug-likeness (QED) is 0.831. The van der Waals surface area contributed by atoms with Crippen LogP contribution in [0.1, 0.15) is 44.0 Å². The first-order chi connectivity index (χ1) is 8.34. The highest BCUT2D eigenvalue weighted by Gasteiger charge is 2.23. The first-order valence-corrected chi connectivity index (χ1v) is 6.55. The van der Waals surface area contributed by atoms with E-state index in [2.05, 4.69) is 16.0 Å². The van der Waals surface area contributed by atoms with Crippen LogP contribution in [0.3, 0.4) is 0 Å². The molecule has 1 heterocycles. The van der Waals surface area contributed by atoms with Crippen LogP contribution in [-0.4, -0.2) is 9.97 Å². The summed E-state index contributed by atoms with van der Waals surface area (Å²) in [6.45, 7) is 0. The number of nitrogens with one attached hydrogen (secondary N) is 1. The predicted octanol–water partition coefficient (Wildman–Crippen LogP) is 3.14. The molecule has 2 aromatic rings. The van der Waals surface area contributed by atoms with E-state index >= 15 is 0 Å². The van der Waals surface area contributed by atoms with E-state index in [4.69, 9.17) is 5.73 Å². The second-order valence-corrected chi connectivity index (χ2v) is 5.06. The van der Waals surface area contributed by atoms with Crippen molar-refractivity contribution >= 4 is 11.0 Å². The lowest BCUT2D eigenvalue weighted by molar-refractivity contribution is 0.302. The van der Waals surface area contributed by atoms with Gasteiger partial charge in [-0.05, 0) is 30.9 Å². The smallest absolute Gasteiger partial charge is 0.124 e. The summed E-state index contributed by atoms with van der Waals surface area (Å²) in [7, 11) is 0. The molecular formula is C14H19N3. The minimum Gasteiger partial charge on any atom is -0.341 e. The molecule has 1 fully saturated rings. The summed E-state index contributed by atoms with van der Waals surface area (Å²) in [6, 6.07) is 8.19. The minimum atomic E-state index is 0.0719. The van der Waals surface area contributed by atoms with Gasteiger partial charge in [-0.2, -0.15) is 0 Å². The summed E-state index contributed by atoms with van der Waals surface area (Å²) in [5.41, 5.74) is 8.45. The second kappa shape index (κ2) is 4.49. The third kappa shape index (κ3) is 2.07. The van der Waals surface area contributed by atoms with Crippen molar-refractivity contribution < 1.29 is 0 Å². The molecule has 3 N–H and O–H groups in total. The lowest BCUT2D eigenvalue weighted by atomic mass is 9.84. The van der Waals surface area contributed by atoms with Crippen LogP contribution in [0, 0.1) is 5.92 Å². The number of rotatable bonds is 2.